The van der Waals surface area contributed by atoms with E-state index in [0.29, 0.717) is 6.54 Å². The number of fused-ring (bicyclic) bond motifs is 1. The van der Waals surface area contributed by atoms with E-state index in [-0.39, 0.29) is 17.5 Å². The maximum absolute atomic E-state index is 12.0. The van der Waals surface area contributed by atoms with Crippen molar-refractivity contribution in [1.29, 1.82) is 0 Å². The average molecular weight is 259 g/mol. The number of rotatable bonds is 3. The second-order valence-electron chi connectivity index (χ2n) is 3.87. The lowest BCUT2D eigenvalue weighted by Crippen LogP contribution is -2.06. The SMILES string of the molecule is Cc1ccc2ccn(CCSC(F)(F)F)c2c1. The molecule has 0 unspecified atom stereocenters. The summed E-state index contributed by atoms with van der Waals surface area (Å²) in [6, 6.07) is 7.90. The predicted molar refractivity (Wildman–Crippen MR) is 65.2 cm³/mol. The molecule has 0 amide bonds. The molecule has 2 aromatic rings. The fraction of sp³-hybridized carbons (Fsp3) is 0.333. The van der Waals surface area contributed by atoms with Crippen molar-refractivity contribution in [3.05, 3.63) is 36.0 Å². The average Bonchev–Trinajstić information content (AvgIpc) is 2.59. The molecule has 0 aliphatic rings. The van der Waals surface area contributed by atoms with Gasteiger partial charge < -0.3 is 4.57 Å². The highest BCUT2D eigenvalue weighted by Gasteiger charge is 2.27. The number of aryl methyl sites for hydroxylation is 2. The Labute approximate surface area is 102 Å². The number of thioether (sulfide) groups is 1. The van der Waals surface area contributed by atoms with Crippen LogP contribution in [0.25, 0.3) is 10.9 Å². The summed E-state index contributed by atoms with van der Waals surface area (Å²) in [5.74, 6) is 0.0429. The highest BCUT2D eigenvalue weighted by atomic mass is 32.2. The Morgan fingerprint density at radius 2 is 2.00 bits per heavy atom. The number of nitrogens with zero attached hydrogens (tertiary/aromatic N) is 1. The Bertz CT molecular complexity index is 516. The summed E-state index contributed by atoms with van der Waals surface area (Å²) >= 11 is 0.0237. The molecule has 1 aromatic carbocycles. The highest BCUT2D eigenvalue weighted by Crippen LogP contribution is 2.30. The van der Waals surface area contributed by atoms with Gasteiger partial charge >= 0.3 is 5.51 Å². The maximum atomic E-state index is 12.0. The van der Waals surface area contributed by atoms with E-state index in [0.717, 1.165) is 16.5 Å². The zero-order chi connectivity index (χ0) is 12.5. The lowest BCUT2D eigenvalue weighted by molar-refractivity contribution is -0.0328. The van der Waals surface area contributed by atoms with E-state index in [2.05, 4.69) is 0 Å². The summed E-state index contributed by atoms with van der Waals surface area (Å²) in [5.41, 5.74) is -2.03. The normalized spacial score (nSPS) is 12.2. The van der Waals surface area contributed by atoms with Crippen LogP contribution in [0.5, 0.6) is 0 Å². The molecule has 1 heterocycles. The second kappa shape index (κ2) is 4.64. The van der Waals surface area contributed by atoms with Gasteiger partial charge in [-0.05, 0) is 41.8 Å². The summed E-state index contributed by atoms with van der Waals surface area (Å²) in [5, 5.41) is 1.06. The molecule has 0 saturated carbocycles. The van der Waals surface area contributed by atoms with Crippen molar-refractivity contribution in [2.24, 2.45) is 0 Å². The summed E-state index contributed by atoms with van der Waals surface area (Å²) < 4.78 is 37.9. The van der Waals surface area contributed by atoms with Gasteiger partial charge in [0.25, 0.3) is 0 Å². The molecule has 0 atom stereocenters. The molecule has 0 saturated heterocycles. The molecule has 0 fully saturated rings. The van der Waals surface area contributed by atoms with Gasteiger partial charge in [-0.3, -0.25) is 0 Å². The first kappa shape index (κ1) is 12.4. The van der Waals surface area contributed by atoms with Gasteiger partial charge in [0.1, 0.15) is 0 Å². The van der Waals surface area contributed by atoms with Crippen LogP contribution >= 0.6 is 11.8 Å². The first-order valence-corrected chi connectivity index (χ1v) is 6.20. The van der Waals surface area contributed by atoms with Crippen molar-refractivity contribution in [3.63, 3.8) is 0 Å². The lowest BCUT2D eigenvalue weighted by Gasteiger charge is -2.07. The third-order valence-electron chi connectivity index (χ3n) is 2.53. The second-order valence-corrected chi connectivity index (χ2v) is 5.03. The zero-order valence-electron chi connectivity index (χ0n) is 9.29. The van der Waals surface area contributed by atoms with Crippen LogP contribution in [0, 0.1) is 6.92 Å². The summed E-state index contributed by atoms with van der Waals surface area (Å²) in [6.45, 7) is 2.35. The molecule has 2 rings (SSSR count). The molecule has 0 N–H and O–H groups in total. The number of hydrogen-bond acceptors (Lipinski definition) is 1. The van der Waals surface area contributed by atoms with Crippen molar-refractivity contribution in [2.75, 3.05) is 5.75 Å². The van der Waals surface area contributed by atoms with Crippen LogP contribution in [0.2, 0.25) is 0 Å². The van der Waals surface area contributed by atoms with Crippen molar-refractivity contribution < 1.29 is 13.2 Å². The minimum absolute atomic E-state index is 0.0237. The molecule has 17 heavy (non-hydrogen) atoms. The first-order chi connectivity index (χ1) is 7.96. The van der Waals surface area contributed by atoms with Crippen molar-refractivity contribution in [1.82, 2.24) is 4.57 Å². The van der Waals surface area contributed by atoms with E-state index in [1.54, 1.807) is 0 Å². The zero-order valence-corrected chi connectivity index (χ0v) is 10.1. The van der Waals surface area contributed by atoms with Crippen LogP contribution in [0.15, 0.2) is 30.5 Å². The minimum Gasteiger partial charge on any atom is -0.347 e. The number of hydrogen-bond donors (Lipinski definition) is 0. The summed E-state index contributed by atoms with van der Waals surface area (Å²) in [7, 11) is 0. The molecule has 1 nitrogen and oxygen atoms in total. The molecule has 92 valence electrons. The van der Waals surface area contributed by atoms with Crippen LogP contribution in [-0.2, 0) is 6.54 Å². The van der Waals surface area contributed by atoms with Crippen molar-refractivity contribution in [3.8, 4) is 0 Å². The van der Waals surface area contributed by atoms with Gasteiger partial charge in [-0.15, -0.1) is 0 Å². The Hall–Kier alpha value is -1.10. The number of benzene rings is 1. The first-order valence-electron chi connectivity index (χ1n) is 5.22. The van der Waals surface area contributed by atoms with E-state index >= 15 is 0 Å². The monoisotopic (exact) mass is 259 g/mol. The van der Waals surface area contributed by atoms with Gasteiger partial charge in [-0.25, -0.2) is 0 Å². The third-order valence-corrected chi connectivity index (χ3v) is 3.24. The van der Waals surface area contributed by atoms with Crippen LogP contribution in [0.3, 0.4) is 0 Å². The van der Waals surface area contributed by atoms with Gasteiger partial charge in [0.15, 0.2) is 0 Å². The van der Waals surface area contributed by atoms with Gasteiger partial charge in [0, 0.05) is 24.0 Å². The van der Waals surface area contributed by atoms with Gasteiger partial charge in [0.2, 0.25) is 0 Å². The Morgan fingerprint density at radius 3 is 2.71 bits per heavy atom. The van der Waals surface area contributed by atoms with Crippen molar-refractivity contribution in [2.45, 2.75) is 19.0 Å². The molecule has 0 aliphatic heterocycles. The lowest BCUT2D eigenvalue weighted by atomic mass is 10.2. The van der Waals surface area contributed by atoms with E-state index in [1.807, 2.05) is 42.0 Å². The van der Waals surface area contributed by atoms with Crippen LogP contribution < -0.4 is 0 Å². The molecule has 0 spiro atoms. The molecule has 0 bridgehead atoms. The predicted octanol–water partition coefficient (Wildman–Crippen LogP) is 4.20. The molecular weight excluding hydrogens is 247 g/mol. The molecule has 1 aromatic heterocycles. The van der Waals surface area contributed by atoms with Crippen LogP contribution in [0.4, 0.5) is 13.2 Å². The minimum atomic E-state index is -4.14. The van der Waals surface area contributed by atoms with Crippen molar-refractivity contribution >= 4 is 22.7 Å². The largest absolute Gasteiger partial charge is 0.441 e. The highest BCUT2D eigenvalue weighted by molar-refractivity contribution is 8.00. The van der Waals surface area contributed by atoms with Crippen LogP contribution in [-0.4, -0.2) is 15.8 Å². The third kappa shape index (κ3) is 3.19. The fourth-order valence-electron chi connectivity index (χ4n) is 1.75. The molecule has 0 aliphatic carbocycles. The Kier molecular flexibility index (Phi) is 3.38. The van der Waals surface area contributed by atoms with Crippen LogP contribution in [0.1, 0.15) is 5.56 Å². The molecule has 5 heteroatoms. The Morgan fingerprint density at radius 1 is 1.24 bits per heavy atom. The van der Waals surface area contributed by atoms with E-state index in [1.165, 1.54) is 0 Å². The smallest absolute Gasteiger partial charge is 0.347 e. The standard InChI is InChI=1S/C12H12F3NS/c1-9-2-3-10-4-5-16(11(10)8-9)6-7-17-12(13,14)15/h2-5,8H,6-7H2,1H3. The van der Waals surface area contributed by atoms with Gasteiger partial charge in [0.05, 0.1) is 0 Å². The number of aromatic nitrogens is 1. The van der Waals surface area contributed by atoms with E-state index < -0.39 is 5.51 Å². The maximum Gasteiger partial charge on any atom is 0.441 e. The topological polar surface area (TPSA) is 4.93 Å². The van der Waals surface area contributed by atoms with E-state index in [9.17, 15) is 13.2 Å². The van der Waals surface area contributed by atoms with Gasteiger partial charge in [-0.1, -0.05) is 12.1 Å². The van der Waals surface area contributed by atoms with E-state index in [4.69, 9.17) is 0 Å². The summed E-state index contributed by atoms with van der Waals surface area (Å²) in [4.78, 5) is 0. The summed E-state index contributed by atoms with van der Waals surface area (Å²) in [6.07, 6.45) is 1.83. The number of alkyl halides is 3. The number of halogens is 3. The molecular formula is C12H12F3NS. The molecule has 0 radical (unpaired) electrons. The fourth-order valence-corrected chi connectivity index (χ4v) is 2.27. The van der Waals surface area contributed by atoms with Gasteiger partial charge in [-0.2, -0.15) is 13.2 Å². The quantitative estimate of drug-likeness (QED) is 0.799. The Balaban J connectivity index is 2.11.